The van der Waals surface area contributed by atoms with Crippen LogP contribution < -0.4 is 14.8 Å². The standard InChI is InChI=1S/C20H21NO5/c1-25-13-7-8-15(18(10-13)26-2)17(11-19(22)23)21-20(24)16-9-12-5-3-4-6-14(12)16/h3-8,10,16-17H,9,11H2,1-2H3,(H,21,24)(H,22,23). The highest BCUT2D eigenvalue weighted by Crippen LogP contribution is 2.36. The Morgan fingerprint density at radius 3 is 2.62 bits per heavy atom. The maximum absolute atomic E-state index is 12.7. The van der Waals surface area contributed by atoms with Crippen LogP contribution in [0.1, 0.15) is 35.1 Å². The SMILES string of the molecule is COc1ccc(C(CC(=O)O)NC(=O)C2Cc3ccccc32)c(OC)c1. The molecule has 0 spiro atoms. The Hall–Kier alpha value is -3.02. The van der Waals surface area contributed by atoms with E-state index in [0.717, 1.165) is 11.1 Å². The number of carbonyl (C=O) groups is 2. The fourth-order valence-corrected chi connectivity index (χ4v) is 3.28. The number of carbonyl (C=O) groups excluding carboxylic acids is 1. The van der Waals surface area contributed by atoms with E-state index >= 15 is 0 Å². The Morgan fingerprint density at radius 2 is 1.96 bits per heavy atom. The first-order chi connectivity index (χ1) is 12.5. The minimum absolute atomic E-state index is 0.173. The average Bonchev–Trinajstić information content (AvgIpc) is 2.61. The lowest BCUT2D eigenvalue weighted by atomic mass is 9.77. The van der Waals surface area contributed by atoms with E-state index in [-0.39, 0.29) is 18.2 Å². The Kier molecular flexibility index (Phi) is 5.11. The topological polar surface area (TPSA) is 84.9 Å². The van der Waals surface area contributed by atoms with Gasteiger partial charge in [0.25, 0.3) is 0 Å². The number of carboxylic acid groups (broad SMARTS) is 1. The number of amides is 1. The van der Waals surface area contributed by atoms with Crippen molar-refractivity contribution in [2.75, 3.05) is 14.2 Å². The van der Waals surface area contributed by atoms with E-state index in [9.17, 15) is 14.7 Å². The van der Waals surface area contributed by atoms with Crippen molar-refractivity contribution in [1.82, 2.24) is 5.32 Å². The summed E-state index contributed by atoms with van der Waals surface area (Å²) in [5, 5.41) is 12.2. The molecule has 2 unspecified atom stereocenters. The summed E-state index contributed by atoms with van der Waals surface area (Å²) in [4.78, 5) is 24.0. The van der Waals surface area contributed by atoms with Gasteiger partial charge in [0.05, 0.1) is 32.6 Å². The van der Waals surface area contributed by atoms with Crippen LogP contribution in [0.2, 0.25) is 0 Å². The van der Waals surface area contributed by atoms with Gasteiger partial charge in [0, 0.05) is 11.6 Å². The second kappa shape index (κ2) is 7.47. The number of nitrogens with one attached hydrogen (secondary N) is 1. The molecule has 0 aliphatic heterocycles. The molecule has 1 amide bonds. The van der Waals surface area contributed by atoms with Crippen molar-refractivity contribution in [3.63, 3.8) is 0 Å². The van der Waals surface area contributed by atoms with Crippen LogP contribution in [-0.2, 0) is 16.0 Å². The van der Waals surface area contributed by atoms with Gasteiger partial charge in [-0.25, -0.2) is 0 Å². The molecule has 0 aromatic heterocycles. The number of ether oxygens (including phenoxy) is 2. The first-order valence-corrected chi connectivity index (χ1v) is 8.35. The Morgan fingerprint density at radius 1 is 1.19 bits per heavy atom. The van der Waals surface area contributed by atoms with E-state index < -0.39 is 12.0 Å². The van der Waals surface area contributed by atoms with Crippen molar-refractivity contribution in [2.45, 2.75) is 24.8 Å². The highest BCUT2D eigenvalue weighted by atomic mass is 16.5. The minimum atomic E-state index is -0.998. The summed E-state index contributed by atoms with van der Waals surface area (Å²) in [6, 6.07) is 12.2. The maximum atomic E-state index is 12.7. The molecular weight excluding hydrogens is 334 g/mol. The van der Waals surface area contributed by atoms with Crippen LogP contribution in [0.15, 0.2) is 42.5 Å². The lowest BCUT2D eigenvalue weighted by Crippen LogP contribution is -2.38. The second-order valence-corrected chi connectivity index (χ2v) is 6.22. The molecule has 0 saturated heterocycles. The third-order valence-corrected chi connectivity index (χ3v) is 4.68. The molecule has 0 radical (unpaired) electrons. The smallest absolute Gasteiger partial charge is 0.305 e. The Balaban J connectivity index is 1.83. The normalized spacial score (nSPS) is 16.0. The molecule has 0 heterocycles. The molecule has 6 nitrogen and oxygen atoms in total. The van der Waals surface area contributed by atoms with Crippen LogP contribution in [0.3, 0.4) is 0 Å². The summed E-state index contributed by atoms with van der Waals surface area (Å²) in [6.45, 7) is 0. The number of carboxylic acids is 1. The van der Waals surface area contributed by atoms with Crippen molar-refractivity contribution in [3.05, 3.63) is 59.2 Å². The van der Waals surface area contributed by atoms with Crippen molar-refractivity contribution in [1.29, 1.82) is 0 Å². The van der Waals surface area contributed by atoms with E-state index in [2.05, 4.69) is 5.32 Å². The van der Waals surface area contributed by atoms with Gasteiger partial charge in [-0.2, -0.15) is 0 Å². The third kappa shape index (κ3) is 3.49. The Labute approximate surface area is 151 Å². The number of hydrogen-bond donors (Lipinski definition) is 2. The van der Waals surface area contributed by atoms with Crippen LogP contribution in [0.5, 0.6) is 11.5 Å². The molecule has 136 valence electrons. The Bertz CT molecular complexity index is 833. The van der Waals surface area contributed by atoms with Crippen molar-refractivity contribution in [2.24, 2.45) is 0 Å². The summed E-state index contributed by atoms with van der Waals surface area (Å²) >= 11 is 0. The zero-order chi connectivity index (χ0) is 18.7. The fraction of sp³-hybridized carbons (Fsp3) is 0.300. The molecular formula is C20H21NO5. The van der Waals surface area contributed by atoms with Crippen LogP contribution in [0, 0.1) is 0 Å². The van der Waals surface area contributed by atoms with Gasteiger partial charge in [-0.1, -0.05) is 24.3 Å². The van der Waals surface area contributed by atoms with Gasteiger partial charge < -0.3 is 19.9 Å². The largest absolute Gasteiger partial charge is 0.497 e. The number of hydrogen-bond acceptors (Lipinski definition) is 4. The van der Waals surface area contributed by atoms with Gasteiger partial charge in [-0.05, 0) is 29.7 Å². The zero-order valence-corrected chi connectivity index (χ0v) is 14.7. The molecule has 2 N–H and O–H groups in total. The van der Waals surface area contributed by atoms with Gasteiger partial charge in [-0.3, -0.25) is 9.59 Å². The van der Waals surface area contributed by atoms with Crippen molar-refractivity contribution < 1.29 is 24.2 Å². The molecule has 2 aromatic rings. The minimum Gasteiger partial charge on any atom is -0.497 e. The fourth-order valence-electron chi connectivity index (χ4n) is 3.28. The van der Waals surface area contributed by atoms with E-state index in [1.807, 2.05) is 24.3 Å². The zero-order valence-electron chi connectivity index (χ0n) is 14.7. The number of aliphatic carboxylic acids is 1. The van der Waals surface area contributed by atoms with Gasteiger partial charge in [-0.15, -0.1) is 0 Å². The van der Waals surface area contributed by atoms with Crippen LogP contribution in [0.4, 0.5) is 0 Å². The molecule has 1 aliphatic rings. The van der Waals surface area contributed by atoms with Crippen LogP contribution in [-0.4, -0.2) is 31.2 Å². The van der Waals surface area contributed by atoms with Crippen LogP contribution in [0.25, 0.3) is 0 Å². The lowest BCUT2D eigenvalue weighted by Gasteiger charge is -2.31. The van der Waals surface area contributed by atoms with Gasteiger partial charge >= 0.3 is 5.97 Å². The number of methoxy groups -OCH3 is 2. The first kappa shape index (κ1) is 17.8. The van der Waals surface area contributed by atoms with Crippen LogP contribution >= 0.6 is 0 Å². The highest BCUT2D eigenvalue weighted by Gasteiger charge is 2.33. The molecule has 2 aromatic carbocycles. The molecule has 1 aliphatic carbocycles. The predicted molar refractivity (Wildman–Crippen MR) is 95.6 cm³/mol. The van der Waals surface area contributed by atoms with Crippen molar-refractivity contribution >= 4 is 11.9 Å². The second-order valence-electron chi connectivity index (χ2n) is 6.22. The number of fused-ring (bicyclic) bond motifs is 1. The molecule has 6 heteroatoms. The highest BCUT2D eigenvalue weighted by molar-refractivity contribution is 5.87. The number of benzene rings is 2. The predicted octanol–water partition coefficient (Wildman–Crippen LogP) is 2.68. The average molecular weight is 355 g/mol. The molecule has 0 saturated carbocycles. The summed E-state index contributed by atoms with van der Waals surface area (Å²) in [5.74, 6) is -0.342. The maximum Gasteiger partial charge on any atom is 0.305 e. The van der Waals surface area contributed by atoms with Gasteiger partial charge in [0.2, 0.25) is 5.91 Å². The van der Waals surface area contributed by atoms with Crippen molar-refractivity contribution in [3.8, 4) is 11.5 Å². The van der Waals surface area contributed by atoms with E-state index in [1.54, 1.807) is 25.3 Å². The molecule has 0 bridgehead atoms. The molecule has 0 fully saturated rings. The summed E-state index contributed by atoms with van der Waals surface area (Å²) in [6.07, 6.45) is 0.435. The third-order valence-electron chi connectivity index (χ3n) is 4.68. The van der Waals surface area contributed by atoms with E-state index in [4.69, 9.17) is 9.47 Å². The monoisotopic (exact) mass is 355 g/mol. The van der Waals surface area contributed by atoms with E-state index in [0.29, 0.717) is 23.5 Å². The summed E-state index contributed by atoms with van der Waals surface area (Å²) in [7, 11) is 3.04. The van der Waals surface area contributed by atoms with Gasteiger partial charge in [0.15, 0.2) is 0 Å². The lowest BCUT2D eigenvalue weighted by molar-refractivity contribution is -0.137. The van der Waals surface area contributed by atoms with Gasteiger partial charge in [0.1, 0.15) is 11.5 Å². The number of rotatable bonds is 7. The molecule has 26 heavy (non-hydrogen) atoms. The first-order valence-electron chi connectivity index (χ1n) is 8.35. The molecule has 3 rings (SSSR count). The molecule has 2 atom stereocenters. The van der Waals surface area contributed by atoms with E-state index in [1.165, 1.54) is 7.11 Å². The summed E-state index contributed by atoms with van der Waals surface area (Å²) in [5.41, 5.74) is 2.77. The quantitative estimate of drug-likeness (QED) is 0.798. The summed E-state index contributed by atoms with van der Waals surface area (Å²) < 4.78 is 10.5.